The number of hydrogen-bond donors (Lipinski definition) is 2. The van der Waals surface area contributed by atoms with E-state index in [4.69, 9.17) is 19.2 Å². The fraction of sp³-hybridized carbons (Fsp3) is 0.480. The number of methoxy groups -OCH3 is 1. The largest absolute Gasteiger partial charge is 0.491 e. The standard InChI is InChI=1S/C25H35N3O3.HI/c1-4-26-25(27-17-21-11-10-19(2)16-23(21)30-15-14-29-3)28-18-22-12-13-31-24(22)20-8-6-5-7-9-20;/h5-11,16,22,24H,4,12-15,17-18H2,1-3H3,(H2,26,27,28);1H. The molecule has 2 N–H and O–H groups in total. The maximum Gasteiger partial charge on any atom is 0.191 e. The Bertz CT molecular complexity index is 832. The van der Waals surface area contributed by atoms with Gasteiger partial charge in [0.15, 0.2) is 5.96 Å². The monoisotopic (exact) mass is 553 g/mol. The second-order valence-electron chi connectivity index (χ2n) is 7.78. The van der Waals surface area contributed by atoms with Gasteiger partial charge in [0.05, 0.1) is 19.3 Å². The first-order valence-corrected chi connectivity index (χ1v) is 11.1. The highest BCUT2D eigenvalue weighted by Gasteiger charge is 2.29. The van der Waals surface area contributed by atoms with Gasteiger partial charge in [-0.2, -0.15) is 0 Å². The molecule has 0 aliphatic carbocycles. The van der Waals surface area contributed by atoms with E-state index in [1.54, 1.807) is 7.11 Å². The number of guanidine groups is 1. The molecule has 2 unspecified atom stereocenters. The van der Waals surface area contributed by atoms with Crippen LogP contribution < -0.4 is 15.4 Å². The molecular formula is C25H36IN3O3. The molecule has 2 aromatic carbocycles. The number of nitrogens with zero attached hydrogens (tertiary/aromatic N) is 1. The normalized spacial score (nSPS) is 18.2. The molecule has 1 aliphatic heterocycles. The molecule has 0 aromatic heterocycles. The Balaban J connectivity index is 0.00000363. The maximum atomic E-state index is 6.02. The second kappa shape index (κ2) is 14.3. The van der Waals surface area contributed by atoms with E-state index in [-0.39, 0.29) is 30.1 Å². The highest BCUT2D eigenvalue weighted by molar-refractivity contribution is 14.0. The van der Waals surface area contributed by atoms with Gasteiger partial charge in [0.2, 0.25) is 0 Å². The zero-order valence-electron chi connectivity index (χ0n) is 19.3. The van der Waals surface area contributed by atoms with Crippen molar-refractivity contribution >= 4 is 29.9 Å². The van der Waals surface area contributed by atoms with E-state index in [2.05, 4.69) is 66.9 Å². The Kier molecular flexibility index (Phi) is 11.8. The van der Waals surface area contributed by atoms with E-state index in [1.165, 1.54) is 11.1 Å². The lowest BCUT2D eigenvalue weighted by Crippen LogP contribution is -2.40. The summed E-state index contributed by atoms with van der Waals surface area (Å²) in [5.41, 5.74) is 3.47. The van der Waals surface area contributed by atoms with Gasteiger partial charge in [0.1, 0.15) is 12.4 Å². The Morgan fingerprint density at radius 1 is 1.12 bits per heavy atom. The highest BCUT2D eigenvalue weighted by atomic mass is 127. The summed E-state index contributed by atoms with van der Waals surface area (Å²) in [6.45, 7) is 8.19. The number of nitrogens with one attached hydrogen (secondary N) is 2. The van der Waals surface area contributed by atoms with Gasteiger partial charge < -0.3 is 24.8 Å². The Morgan fingerprint density at radius 3 is 2.69 bits per heavy atom. The molecule has 0 saturated carbocycles. The molecule has 0 radical (unpaired) electrons. The number of ether oxygens (including phenoxy) is 3. The van der Waals surface area contributed by atoms with Crippen LogP contribution in [0.15, 0.2) is 53.5 Å². The molecule has 32 heavy (non-hydrogen) atoms. The fourth-order valence-corrected chi connectivity index (χ4v) is 3.75. The first-order chi connectivity index (χ1) is 15.2. The zero-order valence-corrected chi connectivity index (χ0v) is 21.6. The van der Waals surface area contributed by atoms with Gasteiger partial charge in [0, 0.05) is 38.3 Å². The van der Waals surface area contributed by atoms with Crippen molar-refractivity contribution < 1.29 is 14.2 Å². The minimum atomic E-state index is 0. The number of hydrogen-bond acceptors (Lipinski definition) is 4. The topological polar surface area (TPSA) is 64.1 Å². The molecule has 1 saturated heterocycles. The van der Waals surface area contributed by atoms with Crippen LogP contribution in [0.25, 0.3) is 0 Å². The number of halogens is 1. The SMILES string of the molecule is CCNC(=NCc1ccc(C)cc1OCCOC)NCC1CCOC1c1ccccc1.I. The molecular weight excluding hydrogens is 517 g/mol. The van der Waals surface area contributed by atoms with Crippen LogP contribution in [0.4, 0.5) is 0 Å². The summed E-state index contributed by atoms with van der Waals surface area (Å²) in [5, 5.41) is 6.87. The van der Waals surface area contributed by atoms with Crippen LogP contribution in [0.5, 0.6) is 5.75 Å². The Morgan fingerprint density at radius 2 is 1.94 bits per heavy atom. The van der Waals surface area contributed by atoms with E-state index >= 15 is 0 Å². The average Bonchev–Trinajstić information content (AvgIpc) is 3.26. The fourth-order valence-electron chi connectivity index (χ4n) is 3.75. The van der Waals surface area contributed by atoms with Crippen molar-refractivity contribution in [2.45, 2.75) is 32.9 Å². The van der Waals surface area contributed by atoms with Crippen LogP contribution in [-0.4, -0.2) is 46.0 Å². The molecule has 176 valence electrons. The van der Waals surface area contributed by atoms with Crippen molar-refractivity contribution in [3.63, 3.8) is 0 Å². The van der Waals surface area contributed by atoms with Crippen LogP contribution >= 0.6 is 24.0 Å². The van der Waals surface area contributed by atoms with Gasteiger partial charge in [-0.3, -0.25) is 0 Å². The van der Waals surface area contributed by atoms with Crippen molar-refractivity contribution in [2.75, 3.05) is 40.0 Å². The van der Waals surface area contributed by atoms with Crippen molar-refractivity contribution in [3.05, 3.63) is 65.2 Å². The molecule has 1 heterocycles. The molecule has 3 rings (SSSR count). The van der Waals surface area contributed by atoms with E-state index in [0.29, 0.717) is 25.7 Å². The van der Waals surface area contributed by atoms with Crippen molar-refractivity contribution in [1.29, 1.82) is 0 Å². The van der Waals surface area contributed by atoms with Gasteiger partial charge in [-0.1, -0.05) is 42.5 Å². The lowest BCUT2D eigenvalue weighted by atomic mass is 9.95. The summed E-state index contributed by atoms with van der Waals surface area (Å²) >= 11 is 0. The first kappa shape index (κ1) is 26.4. The lowest BCUT2D eigenvalue weighted by Gasteiger charge is -2.21. The maximum absolute atomic E-state index is 6.02. The van der Waals surface area contributed by atoms with Crippen LogP contribution in [0.1, 0.15) is 36.1 Å². The molecule has 0 spiro atoms. The van der Waals surface area contributed by atoms with Crippen molar-refractivity contribution in [1.82, 2.24) is 10.6 Å². The summed E-state index contributed by atoms with van der Waals surface area (Å²) in [7, 11) is 1.68. The van der Waals surface area contributed by atoms with Gasteiger partial charge in [-0.15, -0.1) is 24.0 Å². The van der Waals surface area contributed by atoms with Gasteiger partial charge >= 0.3 is 0 Å². The predicted octanol–water partition coefficient (Wildman–Crippen LogP) is 4.47. The summed E-state index contributed by atoms with van der Waals surface area (Å²) < 4.78 is 17.0. The van der Waals surface area contributed by atoms with E-state index in [1.807, 2.05) is 6.07 Å². The van der Waals surface area contributed by atoms with Gasteiger partial charge in [-0.05, 0) is 37.5 Å². The third-order valence-electron chi connectivity index (χ3n) is 5.39. The van der Waals surface area contributed by atoms with Crippen molar-refractivity contribution in [3.8, 4) is 5.75 Å². The van der Waals surface area contributed by atoms with Crippen LogP contribution in [0.2, 0.25) is 0 Å². The third kappa shape index (κ3) is 7.94. The number of aryl methyl sites for hydroxylation is 1. The molecule has 1 fully saturated rings. The molecule has 7 heteroatoms. The second-order valence-corrected chi connectivity index (χ2v) is 7.78. The van der Waals surface area contributed by atoms with E-state index in [9.17, 15) is 0 Å². The third-order valence-corrected chi connectivity index (χ3v) is 5.39. The van der Waals surface area contributed by atoms with Crippen LogP contribution in [0.3, 0.4) is 0 Å². The summed E-state index contributed by atoms with van der Waals surface area (Å²) in [6.07, 6.45) is 1.18. The molecule has 1 aliphatic rings. The highest BCUT2D eigenvalue weighted by Crippen LogP contribution is 2.33. The van der Waals surface area contributed by atoms with Crippen LogP contribution in [0, 0.1) is 12.8 Å². The minimum absolute atomic E-state index is 0. The molecule has 2 atom stereocenters. The number of benzene rings is 2. The summed E-state index contributed by atoms with van der Waals surface area (Å²) in [4.78, 5) is 4.80. The van der Waals surface area contributed by atoms with Crippen molar-refractivity contribution in [2.24, 2.45) is 10.9 Å². The Hall–Kier alpha value is -1.84. The number of aliphatic imine (C=N–C) groups is 1. The average molecular weight is 553 g/mol. The minimum Gasteiger partial charge on any atom is -0.491 e. The van der Waals surface area contributed by atoms with Gasteiger partial charge in [0.25, 0.3) is 0 Å². The molecule has 6 nitrogen and oxygen atoms in total. The lowest BCUT2D eigenvalue weighted by molar-refractivity contribution is 0.0915. The van der Waals surface area contributed by atoms with E-state index in [0.717, 1.165) is 43.4 Å². The Labute approximate surface area is 209 Å². The van der Waals surface area contributed by atoms with Gasteiger partial charge in [-0.25, -0.2) is 4.99 Å². The van der Waals surface area contributed by atoms with E-state index < -0.39 is 0 Å². The first-order valence-electron chi connectivity index (χ1n) is 11.1. The zero-order chi connectivity index (χ0) is 21.9. The molecule has 2 aromatic rings. The summed E-state index contributed by atoms with van der Waals surface area (Å²) in [6, 6.07) is 16.7. The summed E-state index contributed by atoms with van der Waals surface area (Å²) in [5.74, 6) is 2.09. The molecule has 0 bridgehead atoms. The molecule has 0 amide bonds. The number of rotatable bonds is 10. The van der Waals surface area contributed by atoms with Crippen LogP contribution in [-0.2, 0) is 16.0 Å². The smallest absolute Gasteiger partial charge is 0.191 e. The quantitative estimate of drug-likeness (QED) is 0.197. The predicted molar refractivity (Wildman–Crippen MR) is 140 cm³/mol.